The summed E-state index contributed by atoms with van der Waals surface area (Å²) >= 11 is 3.03. The molecule has 0 saturated carbocycles. The Kier molecular flexibility index (Phi) is 4.97. The number of rotatable bonds is 6. The third kappa shape index (κ3) is 4.03. The number of nitrogens with zero attached hydrogens (tertiary/aromatic N) is 2. The van der Waals surface area contributed by atoms with Crippen molar-refractivity contribution in [1.29, 1.82) is 0 Å². The van der Waals surface area contributed by atoms with Crippen molar-refractivity contribution in [1.82, 2.24) is 9.97 Å². The Balaban J connectivity index is 2.02. The highest BCUT2D eigenvalue weighted by molar-refractivity contribution is 7.99. The molecule has 0 saturated heterocycles. The van der Waals surface area contributed by atoms with E-state index in [9.17, 15) is 4.79 Å². The van der Waals surface area contributed by atoms with Gasteiger partial charge in [-0.15, -0.1) is 23.1 Å². The lowest BCUT2D eigenvalue weighted by atomic mass is 10.1. The van der Waals surface area contributed by atoms with Crippen LogP contribution in [0.4, 0.5) is 0 Å². The predicted molar refractivity (Wildman–Crippen MR) is 86.3 cm³/mol. The van der Waals surface area contributed by atoms with Gasteiger partial charge in [-0.2, -0.15) is 0 Å². The number of carbonyl (C=O) groups is 1. The third-order valence-corrected chi connectivity index (χ3v) is 5.39. The third-order valence-electron chi connectivity index (χ3n) is 3.04. The van der Waals surface area contributed by atoms with E-state index in [-0.39, 0.29) is 0 Å². The quantitative estimate of drug-likeness (QED) is 0.849. The monoisotopic (exact) mass is 323 g/mol. The Morgan fingerprint density at radius 1 is 1.52 bits per heavy atom. The van der Waals surface area contributed by atoms with Gasteiger partial charge in [-0.1, -0.05) is 6.07 Å². The zero-order valence-electron chi connectivity index (χ0n) is 11.8. The Labute approximate surface area is 131 Å². The molecule has 5 nitrogen and oxygen atoms in total. The first-order valence-corrected chi connectivity index (χ1v) is 8.25. The molecule has 2 aromatic rings. The summed E-state index contributed by atoms with van der Waals surface area (Å²) in [6, 6.07) is 4.80. The maximum Gasteiger partial charge on any atom is 0.321 e. The van der Waals surface area contributed by atoms with Gasteiger partial charge in [-0.25, -0.2) is 4.98 Å². The van der Waals surface area contributed by atoms with E-state index in [1.807, 2.05) is 37.4 Å². The molecule has 0 aliphatic carbocycles. The van der Waals surface area contributed by atoms with Crippen LogP contribution in [0.1, 0.15) is 19.5 Å². The van der Waals surface area contributed by atoms with Gasteiger partial charge in [0.05, 0.1) is 11.4 Å². The van der Waals surface area contributed by atoms with Crippen LogP contribution < -0.4 is 5.73 Å². The van der Waals surface area contributed by atoms with Crippen molar-refractivity contribution in [2.75, 3.05) is 0 Å². The standard InChI is InChI=1S/C14H17N3O2S2/c1-14(2,11(15)13(18)19)21-8-9-7-20-12(17-9)10-5-3-4-6-16-10/h3-7,11H,8,15H2,1-2H3,(H,18,19)/t11-/m1/s1. The van der Waals surface area contributed by atoms with Crippen molar-refractivity contribution in [2.24, 2.45) is 5.73 Å². The van der Waals surface area contributed by atoms with Crippen LogP contribution in [0.25, 0.3) is 10.7 Å². The minimum absolute atomic E-state index is 0.555. The van der Waals surface area contributed by atoms with Crippen molar-refractivity contribution in [3.63, 3.8) is 0 Å². The maximum absolute atomic E-state index is 11.0. The molecule has 0 fully saturated rings. The molecular weight excluding hydrogens is 306 g/mol. The van der Waals surface area contributed by atoms with E-state index in [1.54, 1.807) is 6.20 Å². The zero-order chi connectivity index (χ0) is 15.5. The minimum atomic E-state index is -0.986. The highest BCUT2D eigenvalue weighted by atomic mass is 32.2. The topological polar surface area (TPSA) is 89.1 Å². The van der Waals surface area contributed by atoms with Gasteiger partial charge in [0.25, 0.3) is 0 Å². The van der Waals surface area contributed by atoms with Crippen LogP contribution in [-0.2, 0) is 10.5 Å². The van der Waals surface area contributed by atoms with Gasteiger partial charge < -0.3 is 10.8 Å². The molecule has 21 heavy (non-hydrogen) atoms. The molecule has 0 aliphatic heterocycles. The molecule has 2 rings (SSSR count). The molecule has 2 aromatic heterocycles. The van der Waals surface area contributed by atoms with Crippen molar-refractivity contribution >= 4 is 29.1 Å². The Hall–Kier alpha value is -1.44. The lowest BCUT2D eigenvalue weighted by molar-refractivity contribution is -0.139. The van der Waals surface area contributed by atoms with Gasteiger partial charge in [-0.05, 0) is 26.0 Å². The van der Waals surface area contributed by atoms with Gasteiger partial charge in [0.15, 0.2) is 0 Å². The molecule has 0 spiro atoms. The summed E-state index contributed by atoms with van der Waals surface area (Å²) in [5.74, 6) is -0.364. The predicted octanol–water partition coefficient (Wildman–Crippen LogP) is 2.63. The number of aliphatic carboxylic acids is 1. The summed E-state index contributed by atoms with van der Waals surface area (Å²) in [6.45, 7) is 3.67. The van der Waals surface area contributed by atoms with Crippen molar-refractivity contribution in [2.45, 2.75) is 30.4 Å². The number of carboxylic acid groups (broad SMARTS) is 1. The number of nitrogens with two attached hydrogens (primary N) is 1. The largest absolute Gasteiger partial charge is 0.480 e. The highest BCUT2D eigenvalue weighted by Crippen LogP contribution is 2.32. The number of carboxylic acids is 1. The Morgan fingerprint density at radius 3 is 2.90 bits per heavy atom. The van der Waals surface area contributed by atoms with Gasteiger partial charge >= 0.3 is 5.97 Å². The molecule has 3 N–H and O–H groups in total. The first kappa shape index (κ1) is 15.9. The van der Waals surface area contributed by atoms with Crippen LogP contribution in [0.15, 0.2) is 29.8 Å². The SMILES string of the molecule is CC(C)(SCc1csc(-c2ccccn2)n1)[C@H](N)C(=O)O. The molecule has 0 radical (unpaired) electrons. The number of hydrogen-bond donors (Lipinski definition) is 2. The summed E-state index contributed by atoms with van der Waals surface area (Å²) in [5.41, 5.74) is 7.47. The van der Waals surface area contributed by atoms with Gasteiger partial charge in [-0.3, -0.25) is 9.78 Å². The van der Waals surface area contributed by atoms with E-state index < -0.39 is 16.8 Å². The van der Waals surface area contributed by atoms with E-state index in [0.717, 1.165) is 16.4 Å². The lowest BCUT2D eigenvalue weighted by Gasteiger charge is -2.27. The number of thioether (sulfide) groups is 1. The van der Waals surface area contributed by atoms with Crippen LogP contribution in [0.3, 0.4) is 0 Å². The maximum atomic E-state index is 11.0. The van der Waals surface area contributed by atoms with E-state index in [1.165, 1.54) is 23.1 Å². The molecule has 0 bridgehead atoms. The van der Waals surface area contributed by atoms with E-state index in [4.69, 9.17) is 10.8 Å². The summed E-state index contributed by atoms with van der Waals surface area (Å²) < 4.78 is -0.555. The van der Waals surface area contributed by atoms with Crippen LogP contribution in [-0.4, -0.2) is 31.8 Å². The fourth-order valence-electron chi connectivity index (χ4n) is 1.63. The second-order valence-electron chi connectivity index (χ2n) is 5.07. The summed E-state index contributed by atoms with van der Waals surface area (Å²) in [6.07, 6.45) is 1.74. The van der Waals surface area contributed by atoms with E-state index >= 15 is 0 Å². The van der Waals surface area contributed by atoms with Crippen LogP contribution in [0.2, 0.25) is 0 Å². The molecule has 7 heteroatoms. The normalized spacial score (nSPS) is 13.1. The van der Waals surface area contributed by atoms with Gasteiger partial charge in [0.1, 0.15) is 11.0 Å². The molecule has 0 amide bonds. The molecule has 2 heterocycles. The smallest absolute Gasteiger partial charge is 0.321 e. The fourth-order valence-corrected chi connectivity index (χ4v) is 3.48. The van der Waals surface area contributed by atoms with Crippen LogP contribution in [0.5, 0.6) is 0 Å². The second kappa shape index (κ2) is 6.55. The number of hydrogen-bond acceptors (Lipinski definition) is 6. The average Bonchev–Trinajstić information content (AvgIpc) is 2.94. The first-order chi connectivity index (χ1) is 9.90. The van der Waals surface area contributed by atoms with Crippen molar-refractivity contribution in [3.05, 3.63) is 35.5 Å². The van der Waals surface area contributed by atoms with Crippen LogP contribution >= 0.6 is 23.1 Å². The van der Waals surface area contributed by atoms with Gasteiger partial charge in [0, 0.05) is 22.1 Å². The lowest BCUT2D eigenvalue weighted by Crippen LogP contribution is -2.46. The van der Waals surface area contributed by atoms with E-state index in [2.05, 4.69) is 9.97 Å². The number of pyridine rings is 1. The molecule has 1 atom stereocenters. The summed E-state index contributed by atoms with van der Waals surface area (Å²) in [7, 11) is 0. The fraction of sp³-hybridized carbons (Fsp3) is 0.357. The molecular formula is C14H17N3O2S2. The molecule has 112 valence electrons. The van der Waals surface area contributed by atoms with Crippen molar-refractivity contribution < 1.29 is 9.90 Å². The second-order valence-corrected chi connectivity index (χ2v) is 7.55. The minimum Gasteiger partial charge on any atom is -0.480 e. The van der Waals surface area contributed by atoms with E-state index in [0.29, 0.717) is 5.75 Å². The number of aromatic nitrogens is 2. The summed E-state index contributed by atoms with van der Waals surface area (Å²) in [5, 5.41) is 11.8. The Morgan fingerprint density at radius 2 is 2.29 bits per heavy atom. The number of thiazole rings is 1. The average molecular weight is 323 g/mol. The first-order valence-electron chi connectivity index (χ1n) is 6.38. The molecule has 0 aliphatic rings. The highest BCUT2D eigenvalue weighted by Gasteiger charge is 2.32. The Bertz CT molecular complexity index is 614. The molecule has 0 aromatic carbocycles. The van der Waals surface area contributed by atoms with Gasteiger partial charge in [0.2, 0.25) is 0 Å². The zero-order valence-corrected chi connectivity index (χ0v) is 13.4. The summed E-state index contributed by atoms with van der Waals surface area (Å²) in [4.78, 5) is 19.8. The van der Waals surface area contributed by atoms with Crippen molar-refractivity contribution in [3.8, 4) is 10.7 Å². The van der Waals surface area contributed by atoms with Crippen LogP contribution in [0, 0.1) is 0 Å². The molecule has 0 unspecified atom stereocenters.